The molecule has 16 heavy (non-hydrogen) atoms. The molecule has 0 saturated carbocycles. The van der Waals surface area contributed by atoms with Crippen LogP contribution in [0, 0.1) is 13.8 Å². The summed E-state index contributed by atoms with van der Waals surface area (Å²) in [4.78, 5) is 16.4. The number of halogens is 1. The molecule has 84 valence electrons. The van der Waals surface area contributed by atoms with Crippen LogP contribution < -0.4 is 5.56 Å². The predicted octanol–water partition coefficient (Wildman–Crippen LogP) is 2.69. The molecule has 0 fully saturated rings. The summed E-state index contributed by atoms with van der Waals surface area (Å²) in [5, 5.41) is 0.918. The average molecular weight is 237 g/mol. The van der Waals surface area contributed by atoms with Gasteiger partial charge in [-0.1, -0.05) is 6.07 Å². The summed E-state index contributed by atoms with van der Waals surface area (Å²) in [6, 6.07) is 3.87. The molecule has 4 heteroatoms. The first-order valence-corrected chi connectivity index (χ1v) is 5.59. The largest absolute Gasteiger partial charge is 0.283 e. The molecule has 0 amide bonds. The van der Waals surface area contributed by atoms with Crippen LogP contribution in [0.1, 0.15) is 18.1 Å². The van der Waals surface area contributed by atoms with Crippen LogP contribution in [-0.4, -0.2) is 9.55 Å². The highest BCUT2D eigenvalue weighted by Crippen LogP contribution is 2.17. The monoisotopic (exact) mass is 236 g/mol. The third kappa shape index (κ3) is 1.61. The number of hydrogen-bond acceptors (Lipinski definition) is 2. The molecule has 0 unspecified atom stereocenters. The van der Waals surface area contributed by atoms with Gasteiger partial charge in [0.2, 0.25) is 5.28 Å². The second-order valence-electron chi connectivity index (χ2n) is 3.91. The van der Waals surface area contributed by atoms with Crippen molar-refractivity contribution in [1.82, 2.24) is 9.55 Å². The minimum atomic E-state index is -0.0602. The van der Waals surface area contributed by atoms with E-state index in [1.807, 2.05) is 32.9 Å². The van der Waals surface area contributed by atoms with Crippen LogP contribution in [0.3, 0.4) is 0 Å². The molecule has 2 rings (SSSR count). The molecule has 1 aromatic heterocycles. The van der Waals surface area contributed by atoms with Crippen molar-refractivity contribution >= 4 is 22.5 Å². The SMILES string of the molecule is CCn1c(Cl)nc2cc(C)cc(C)c2c1=O. The van der Waals surface area contributed by atoms with Crippen LogP contribution >= 0.6 is 11.6 Å². The Kier molecular flexibility index (Phi) is 2.72. The molecule has 2 aromatic rings. The van der Waals surface area contributed by atoms with E-state index >= 15 is 0 Å². The molecule has 0 bridgehead atoms. The van der Waals surface area contributed by atoms with Gasteiger partial charge in [-0.15, -0.1) is 0 Å². The smallest absolute Gasteiger partial charge is 0.262 e. The van der Waals surface area contributed by atoms with E-state index in [-0.39, 0.29) is 10.8 Å². The number of nitrogens with zero attached hydrogens (tertiary/aromatic N) is 2. The first-order valence-electron chi connectivity index (χ1n) is 5.22. The van der Waals surface area contributed by atoms with E-state index in [9.17, 15) is 4.79 Å². The maximum Gasteiger partial charge on any atom is 0.262 e. The van der Waals surface area contributed by atoms with E-state index < -0.39 is 0 Å². The fraction of sp³-hybridized carbons (Fsp3) is 0.333. The summed E-state index contributed by atoms with van der Waals surface area (Å²) >= 11 is 5.97. The van der Waals surface area contributed by atoms with Crippen molar-refractivity contribution in [2.24, 2.45) is 0 Å². The summed E-state index contributed by atoms with van der Waals surface area (Å²) < 4.78 is 1.48. The van der Waals surface area contributed by atoms with Crippen LogP contribution in [0.15, 0.2) is 16.9 Å². The lowest BCUT2D eigenvalue weighted by atomic mass is 10.1. The van der Waals surface area contributed by atoms with Crippen molar-refractivity contribution in [2.45, 2.75) is 27.3 Å². The summed E-state index contributed by atoms with van der Waals surface area (Å²) in [5.74, 6) is 0. The standard InChI is InChI=1S/C12H13ClN2O/c1-4-15-11(16)10-8(3)5-7(2)6-9(10)14-12(15)13/h5-6H,4H2,1-3H3. The topological polar surface area (TPSA) is 34.9 Å². The highest BCUT2D eigenvalue weighted by atomic mass is 35.5. The van der Waals surface area contributed by atoms with Gasteiger partial charge in [-0.2, -0.15) is 0 Å². The second kappa shape index (κ2) is 3.91. The van der Waals surface area contributed by atoms with E-state index in [1.54, 1.807) is 0 Å². The molecule has 0 aliphatic heterocycles. The van der Waals surface area contributed by atoms with Crippen molar-refractivity contribution in [3.63, 3.8) is 0 Å². The Morgan fingerprint density at radius 2 is 2.06 bits per heavy atom. The molecule has 0 aliphatic carbocycles. The van der Waals surface area contributed by atoms with Crippen LogP contribution in [0.25, 0.3) is 10.9 Å². The molecule has 0 N–H and O–H groups in total. The van der Waals surface area contributed by atoms with Gasteiger partial charge in [0.15, 0.2) is 0 Å². The lowest BCUT2D eigenvalue weighted by Crippen LogP contribution is -2.22. The van der Waals surface area contributed by atoms with Crippen LogP contribution in [0.5, 0.6) is 0 Å². The van der Waals surface area contributed by atoms with Gasteiger partial charge >= 0.3 is 0 Å². The fourth-order valence-corrected chi connectivity index (χ4v) is 2.25. The van der Waals surface area contributed by atoms with Crippen molar-refractivity contribution < 1.29 is 0 Å². The van der Waals surface area contributed by atoms with Crippen molar-refractivity contribution in [3.8, 4) is 0 Å². The second-order valence-corrected chi connectivity index (χ2v) is 4.24. The van der Waals surface area contributed by atoms with E-state index in [4.69, 9.17) is 11.6 Å². The predicted molar refractivity (Wildman–Crippen MR) is 66.2 cm³/mol. The van der Waals surface area contributed by atoms with Gasteiger partial charge in [-0.25, -0.2) is 4.98 Å². The molecular weight excluding hydrogens is 224 g/mol. The Morgan fingerprint density at radius 1 is 1.38 bits per heavy atom. The van der Waals surface area contributed by atoms with Gasteiger partial charge in [0, 0.05) is 6.54 Å². The van der Waals surface area contributed by atoms with Gasteiger partial charge in [-0.05, 0) is 49.6 Å². The average Bonchev–Trinajstić information content (AvgIpc) is 2.15. The molecule has 0 radical (unpaired) electrons. The molecule has 1 aromatic carbocycles. The number of hydrogen-bond donors (Lipinski definition) is 0. The molecule has 0 aliphatic rings. The molecule has 3 nitrogen and oxygen atoms in total. The third-order valence-corrected chi connectivity index (χ3v) is 2.96. The lowest BCUT2D eigenvalue weighted by Gasteiger charge is -2.08. The Balaban J connectivity index is 2.99. The molecule has 0 saturated heterocycles. The van der Waals surface area contributed by atoms with Gasteiger partial charge in [-0.3, -0.25) is 9.36 Å². The third-order valence-electron chi connectivity index (χ3n) is 2.67. The maximum atomic E-state index is 12.2. The maximum absolute atomic E-state index is 12.2. The Bertz CT molecular complexity index is 616. The zero-order valence-corrected chi connectivity index (χ0v) is 10.3. The number of aromatic nitrogens is 2. The quantitative estimate of drug-likeness (QED) is 0.714. The van der Waals surface area contributed by atoms with Crippen molar-refractivity contribution in [3.05, 3.63) is 38.9 Å². The van der Waals surface area contributed by atoms with E-state index in [0.717, 1.165) is 11.1 Å². The van der Waals surface area contributed by atoms with Gasteiger partial charge in [0.1, 0.15) is 0 Å². The van der Waals surface area contributed by atoms with Gasteiger partial charge < -0.3 is 0 Å². The lowest BCUT2D eigenvalue weighted by molar-refractivity contribution is 0.718. The van der Waals surface area contributed by atoms with Crippen LogP contribution in [0.4, 0.5) is 0 Å². The fourth-order valence-electron chi connectivity index (χ4n) is 1.96. The normalized spacial score (nSPS) is 11.0. The molecular formula is C12H13ClN2O. The van der Waals surface area contributed by atoms with E-state index in [1.165, 1.54) is 4.57 Å². The van der Waals surface area contributed by atoms with E-state index in [0.29, 0.717) is 17.4 Å². The highest BCUT2D eigenvalue weighted by molar-refractivity contribution is 6.28. The summed E-state index contributed by atoms with van der Waals surface area (Å²) in [5.41, 5.74) is 2.65. The number of aryl methyl sites for hydroxylation is 2. The molecule has 1 heterocycles. The minimum absolute atomic E-state index is 0.0602. The first kappa shape index (κ1) is 11.1. The number of benzene rings is 1. The molecule has 0 spiro atoms. The van der Waals surface area contributed by atoms with Gasteiger partial charge in [0.05, 0.1) is 10.9 Å². The zero-order chi connectivity index (χ0) is 11.9. The Labute approximate surface area is 98.7 Å². The van der Waals surface area contributed by atoms with Crippen molar-refractivity contribution in [1.29, 1.82) is 0 Å². The Hall–Kier alpha value is -1.35. The van der Waals surface area contributed by atoms with Crippen LogP contribution in [0.2, 0.25) is 5.28 Å². The summed E-state index contributed by atoms with van der Waals surface area (Å²) in [7, 11) is 0. The Morgan fingerprint density at radius 3 is 2.69 bits per heavy atom. The summed E-state index contributed by atoms with van der Waals surface area (Å²) in [6.45, 7) is 6.32. The number of fused-ring (bicyclic) bond motifs is 1. The highest BCUT2D eigenvalue weighted by Gasteiger charge is 2.10. The zero-order valence-electron chi connectivity index (χ0n) is 9.54. The summed E-state index contributed by atoms with van der Waals surface area (Å²) in [6.07, 6.45) is 0. The minimum Gasteiger partial charge on any atom is -0.283 e. The van der Waals surface area contributed by atoms with E-state index in [2.05, 4.69) is 4.98 Å². The van der Waals surface area contributed by atoms with Crippen LogP contribution in [-0.2, 0) is 6.54 Å². The number of rotatable bonds is 1. The molecule has 0 atom stereocenters. The first-order chi connectivity index (χ1) is 7.54. The van der Waals surface area contributed by atoms with Gasteiger partial charge in [0.25, 0.3) is 5.56 Å². The van der Waals surface area contributed by atoms with Crippen molar-refractivity contribution in [2.75, 3.05) is 0 Å².